The summed E-state index contributed by atoms with van der Waals surface area (Å²) in [6.45, 7) is 6.92. The van der Waals surface area contributed by atoms with Crippen LogP contribution in [0.4, 0.5) is 14.9 Å². The number of ether oxygens (including phenoxy) is 1. The summed E-state index contributed by atoms with van der Waals surface area (Å²) in [6, 6.07) is 4.04. The van der Waals surface area contributed by atoms with E-state index in [-0.39, 0.29) is 24.2 Å². The predicted molar refractivity (Wildman–Crippen MR) is 98.9 cm³/mol. The van der Waals surface area contributed by atoms with Crippen molar-refractivity contribution in [1.29, 1.82) is 0 Å². The van der Waals surface area contributed by atoms with E-state index in [2.05, 4.69) is 10.6 Å². The van der Waals surface area contributed by atoms with Gasteiger partial charge in [-0.15, -0.1) is 0 Å². The van der Waals surface area contributed by atoms with Crippen molar-refractivity contribution >= 4 is 29.3 Å². The smallest absolute Gasteiger partial charge is 0.407 e. The van der Waals surface area contributed by atoms with E-state index in [0.717, 1.165) is 12.8 Å². The van der Waals surface area contributed by atoms with Crippen molar-refractivity contribution in [3.8, 4) is 0 Å². The highest BCUT2D eigenvalue weighted by atomic mass is 35.5. The van der Waals surface area contributed by atoms with Crippen molar-refractivity contribution in [2.75, 3.05) is 25.0 Å². The standard InChI is InChI=1S/C18H25ClFN3O3/c1-18(2,3)26-17(25)21-13-6-8-23(9-7-13)11-16(24)22-15-10-12(19)4-5-14(15)20/h4-5,10,13H,6-9,11H2,1-3H3,(H,21,25)(H,22,24). The van der Waals surface area contributed by atoms with E-state index in [1.54, 1.807) is 0 Å². The minimum Gasteiger partial charge on any atom is -0.444 e. The maximum atomic E-state index is 13.7. The summed E-state index contributed by atoms with van der Waals surface area (Å²) in [5.41, 5.74) is -0.456. The number of amides is 2. The third kappa shape index (κ3) is 6.80. The van der Waals surface area contributed by atoms with Crippen molar-refractivity contribution in [3.63, 3.8) is 0 Å². The molecule has 0 aliphatic carbocycles. The van der Waals surface area contributed by atoms with Crippen LogP contribution in [0.2, 0.25) is 5.02 Å². The molecule has 0 bridgehead atoms. The molecule has 1 aromatic carbocycles. The van der Waals surface area contributed by atoms with Crippen molar-refractivity contribution in [2.45, 2.75) is 45.3 Å². The zero-order valence-corrected chi connectivity index (χ0v) is 16.0. The van der Waals surface area contributed by atoms with Crippen LogP contribution in [-0.4, -0.2) is 48.2 Å². The molecule has 2 rings (SSSR count). The fourth-order valence-corrected chi connectivity index (χ4v) is 2.87. The Labute approximate surface area is 158 Å². The predicted octanol–water partition coefficient (Wildman–Crippen LogP) is 3.41. The molecule has 1 fully saturated rings. The van der Waals surface area contributed by atoms with Crippen LogP contribution in [0.1, 0.15) is 33.6 Å². The number of nitrogens with one attached hydrogen (secondary N) is 2. The van der Waals surface area contributed by atoms with Crippen molar-refractivity contribution in [2.24, 2.45) is 0 Å². The lowest BCUT2D eigenvalue weighted by molar-refractivity contribution is -0.117. The van der Waals surface area contributed by atoms with Crippen LogP contribution in [0.3, 0.4) is 0 Å². The average Bonchev–Trinajstić information content (AvgIpc) is 2.51. The molecule has 1 aliphatic rings. The van der Waals surface area contributed by atoms with Crippen LogP contribution in [-0.2, 0) is 9.53 Å². The van der Waals surface area contributed by atoms with Crippen LogP contribution in [0.25, 0.3) is 0 Å². The maximum absolute atomic E-state index is 13.7. The number of carbonyl (C=O) groups excluding carboxylic acids is 2. The van der Waals surface area contributed by atoms with Gasteiger partial charge in [0, 0.05) is 24.2 Å². The summed E-state index contributed by atoms with van der Waals surface area (Å²) in [5.74, 6) is -0.826. The Balaban J connectivity index is 1.75. The van der Waals surface area contributed by atoms with E-state index in [0.29, 0.717) is 18.1 Å². The van der Waals surface area contributed by atoms with Gasteiger partial charge in [0.05, 0.1) is 12.2 Å². The fraction of sp³-hybridized carbons (Fsp3) is 0.556. The summed E-state index contributed by atoms with van der Waals surface area (Å²) in [6.07, 6.45) is 1.01. The van der Waals surface area contributed by atoms with Gasteiger partial charge in [-0.25, -0.2) is 9.18 Å². The van der Waals surface area contributed by atoms with Crippen molar-refractivity contribution in [1.82, 2.24) is 10.2 Å². The molecular formula is C18H25ClFN3O3. The minimum atomic E-state index is -0.529. The van der Waals surface area contributed by atoms with Crippen LogP contribution in [0.15, 0.2) is 18.2 Å². The van der Waals surface area contributed by atoms with Crippen molar-refractivity contribution < 1.29 is 18.7 Å². The lowest BCUT2D eigenvalue weighted by atomic mass is 10.1. The molecule has 2 amide bonds. The quantitative estimate of drug-likeness (QED) is 0.833. The first-order valence-electron chi connectivity index (χ1n) is 8.59. The molecule has 6 nitrogen and oxygen atoms in total. The second-order valence-corrected chi connectivity index (χ2v) is 7.81. The molecule has 0 unspecified atom stereocenters. The van der Waals surface area contributed by atoms with Gasteiger partial charge in [0.1, 0.15) is 11.4 Å². The Morgan fingerprint density at radius 3 is 2.58 bits per heavy atom. The number of piperidine rings is 1. The van der Waals surface area contributed by atoms with E-state index in [9.17, 15) is 14.0 Å². The number of alkyl carbamates (subject to hydrolysis) is 1. The van der Waals surface area contributed by atoms with Crippen molar-refractivity contribution in [3.05, 3.63) is 29.0 Å². The molecule has 0 spiro atoms. The van der Waals surface area contributed by atoms with E-state index >= 15 is 0 Å². The molecule has 144 valence electrons. The van der Waals surface area contributed by atoms with Gasteiger partial charge < -0.3 is 15.4 Å². The number of hydrogen-bond acceptors (Lipinski definition) is 4. The third-order valence-corrected chi connectivity index (χ3v) is 4.11. The number of rotatable bonds is 4. The highest BCUT2D eigenvalue weighted by Gasteiger charge is 2.24. The average molecular weight is 386 g/mol. The summed E-state index contributed by atoms with van der Waals surface area (Å²) in [7, 11) is 0. The van der Waals surface area contributed by atoms with E-state index in [4.69, 9.17) is 16.3 Å². The number of likely N-dealkylation sites (tertiary alicyclic amines) is 1. The molecule has 1 aromatic rings. The topological polar surface area (TPSA) is 70.7 Å². The Kier molecular flexibility index (Phi) is 6.83. The highest BCUT2D eigenvalue weighted by Crippen LogP contribution is 2.19. The molecule has 0 saturated carbocycles. The fourth-order valence-electron chi connectivity index (χ4n) is 2.70. The third-order valence-electron chi connectivity index (χ3n) is 3.88. The zero-order chi connectivity index (χ0) is 19.3. The van der Waals surface area contributed by atoms with Gasteiger partial charge in [-0.05, 0) is 51.8 Å². The SMILES string of the molecule is CC(C)(C)OC(=O)NC1CCN(CC(=O)Nc2cc(Cl)ccc2F)CC1. The summed E-state index contributed by atoms with van der Waals surface area (Å²) >= 11 is 5.82. The lowest BCUT2D eigenvalue weighted by Crippen LogP contribution is -2.47. The summed E-state index contributed by atoms with van der Waals surface area (Å²) in [5, 5.41) is 5.75. The Morgan fingerprint density at radius 2 is 1.96 bits per heavy atom. The second kappa shape index (κ2) is 8.68. The molecule has 26 heavy (non-hydrogen) atoms. The number of benzene rings is 1. The summed E-state index contributed by atoms with van der Waals surface area (Å²) in [4.78, 5) is 25.9. The Morgan fingerprint density at radius 1 is 1.31 bits per heavy atom. The van der Waals surface area contributed by atoms with Crippen LogP contribution in [0, 0.1) is 5.82 Å². The van der Waals surface area contributed by atoms with Gasteiger partial charge in [-0.2, -0.15) is 0 Å². The molecule has 1 heterocycles. The normalized spacial score (nSPS) is 16.2. The second-order valence-electron chi connectivity index (χ2n) is 7.37. The van der Waals surface area contributed by atoms with Gasteiger partial charge in [0.2, 0.25) is 5.91 Å². The molecule has 0 aromatic heterocycles. The van der Waals surface area contributed by atoms with E-state index in [1.165, 1.54) is 18.2 Å². The number of halogens is 2. The molecule has 0 atom stereocenters. The van der Waals surface area contributed by atoms with Gasteiger partial charge in [-0.1, -0.05) is 11.6 Å². The number of carbonyl (C=O) groups is 2. The summed E-state index contributed by atoms with van der Waals surface area (Å²) < 4.78 is 18.9. The van der Waals surface area contributed by atoms with Crippen LogP contribution in [0.5, 0.6) is 0 Å². The van der Waals surface area contributed by atoms with Gasteiger partial charge in [0.15, 0.2) is 0 Å². The largest absolute Gasteiger partial charge is 0.444 e. The first kappa shape index (κ1) is 20.5. The Bertz CT molecular complexity index is 656. The first-order chi connectivity index (χ1) is 12.1. The molecule has 0 radical (unpaired) electrons. The number of nitrogens with zero attached hydrogens (tertiary/aromatic N) is 1. The number of anilines is 1. The van der Waals surface area contributed by atoms with E-state index < -0.39 is 17.5 Å². The highest BCUT2D eigenvalue weighted by molar-refractivity contribution is 6.30. The number of hydrogen-bond donors (Lipinski definition) is 2. The van der Waals surface area contributed by atoms with Crippen LogP contribution >= 0.6 is 11.6 Å². The van der Waals surface area contributed by atoms with Gasteiger partial charge >= 0.3 is 6.09 Å². The van der Waals surface area contributed by atoms with Crippen LogP contribution < -0.4 is 10.6 Å². The molecule has 8 heteroatoms. The Hall–Kier alpha value is -1.86. The first-order valence-corrected chi connectivity index (χ1v) is 8.97. The monoisotopic (exact) mass is 385 g/mol. The van der Waals surface area contributed by atoms with Gasteiger partial charge in [0.25, 0.3) is 0 Å². The zero-order valence-electron chi connectivity index (χ0n) is 15.3. The van der Waals surface area contributed by atoms with E-state index in [1.807, 2.05) is 25.7 Å². The molecule has 1 saturated heterocycles. The van der Waals surface area contributed by atoms with Gasteiger partial charge in [-0.3, -0.25) is 9.69 Å². The lowest BCUT2D eigenvalue weighted by Gasteiger charge is -2.32. The molecule has 1 aliphatic heterocycles. The molecular weight excluding hydrogens is 361 g/mol. The molecule has 2 N–H and O–H groups in total. The maximum Gasteiger partial charge on any atom is 0.407 e. The minimum absolute atomic E-state index is 0.0227.